The third kappa shape index (κ3) is 2.68. The molecular formula is C14H20O. The molecule has 1 heteroatoms. The molecule has 1 aromatic carbocycles. The second-order valence-corrected chi connectivity index (χ2v) is 4.60. The molecule has 0 radical (unpaired) electrons. The fourth-order valence-electron chi connectivity index (χ4n) is 2.11. The predicted molar refractivity (Wildman–Crippen MR) is 64.4 cm³/mol. The summed E-state index contributed by atoms with van der Waals surface area (Å²) in [6.45, 7) is 8.78. The van der Waals surface area contributed by atoms with E-state index in [1.54, 1.807) is 0 Å². The van der Waals surface area contributed by atoms with Crippen molar-refractivity contribution >= 4 is 6.29 Å². The smallest absolute Gasteiger partial charge is 0.124 e. The number of carbonyl (C=O) groups is 1. The van der Waals surface area contributed by atoms with Crippen molar-refractivity contribution < 1.29 is 4.79 Å². The fourth-order valence-corrected chi connectivity index (χ4v) is 2.11. The summed E-state index contributed by atoms with van der Waals surface area (Å²) in [5.74, 6) is 1.01. The van der Waals surface area contributed by atoms with Crippen molar-refractivity contribution in [2.24, 2.45) is 0 Å². The monoisotopic (exact) mass is 204 g/mol. The Morgan fingerprint density at radius 3 is 2.27 bits per heavy atom. The molecule has 0 atom stereocenters. The second-order valence-electron chi connectivity index (χ2n) is 4.60. The third-order valence-corrected chi connectivity index (χ3v) is 2.73. The summed E-state index contributed by atoms with van der Waals surface area (Å²) >= 11 is 0. The van der Waals surface area contributed by atoms with E-state index in [1.807, 2.05) is 0 Å². The molecule has 0 amide bonds. The molecule has 0 spiro atoms. The standard InChI is InChI=1S/C14H20O/c1-10(2)13-7-5-6-12(8-9-15)14(13)11(3)4/h5-7,9-11H,8H2,1-4H3. The maximum absolute atomic E-state index is 10.6. The number of rotatable bonds is 4. The lowest BCUT2D eigenvalue weighted by Gasteiger charge is -2.19. The van der Waals surface area contributed by atoms with Crippen LogP contribution in [0.5, 0.6) is 0 Å². The van der Waals surface area contributed by atoms with Crippen LogP contribution in [-0.4, -0.2) is 6.29 Å². The first-order chi connectivity index (χ1) is 7.07. The minimum atomic E-state index is 0.485. The van der Waals surface area contributed by atoms with Crippen molar-refractivity contribution in [3.63, 3.8) is 0 Å². The van der Waals surface area contributed by atoms with Crippen LogP contribution in [0.2, 0.25) is 0 Å². The lowest BCUT2D eigenvalue weighted by molar-refractivity contribution is -0.107. The van der Waals surface area contributed by atoms with Gasteiger partial charge in [-0.15, -0.1) is 0 Å². The highest BCUT2D eigenvalue weighted by molar-refractivity contribution is 5.57. The van der Waals surface area contributed by atoms with Gasteiger partial charge in [0, 0.05) is 6.42 Å². The summed E-state index contributed by atoms with van der Waals surface area (Å²) in [7, 11) is 0. The highest BCUT2D eigenvalue weighted by Crippen LogP contribution is 2.29. The van der Waals surface area contributed by atoms with Gasteiger partial charge in [0.2, 0.25) is 0 Å². The normalized spacial score (nSPS) is 11.1. The van der Waals surface area contributed by atoms with E-state index in [-0.39, 0.29) is 0 Å². The van der Waals surface area contributed by atoms with Crippen LogP contribution in [0.25, 0.3) is 0 Å². The summed E-state index contributed by atoms with van der Waals surface area (Å²) in [5, 5.41) is 0. The minimum Gasteiger partial charge on any atom is -0.303 e. The van der Waals surface area contributed by atoms with Crippen LogP contribution in [0.1, 0.15) is 56.2 Å². The molecule has 0 unspecified atom stereocenters. The van der Waals surface area contributed by atoms with E-state index in [4.69, 9.17) is 0 Å². The maximum Gasteiger partial charge on any atom is 0.124 e. The van der Waals surface area contributed by atoms with E-state index in [1.165, 1.54) is 16.7 Å². The molecular weight excluding hydrogens is 184 g/mol. The van der Waals surface area contributed by atoms with E-state index in [9.17, 15) is 4.79 Å². The van der Waals surface area contributed by atoms with Gasteiger partial charge in [0.25, 0.3) is 0 Å². The molecule has 1 nitrogen and oxygen atoms in total. The van der Waals surface area contributed by atoms with Gasteiger partial charge in [0.1, 0.15) is 6.29 Å². The van der Waals surface area contributed by atoms with Gasteiger partial charge in [-0.3, -0.25) is 0 Å². The van der Waals surface area contributed by atoms with Gasteiger partial charge in [0.15, 0.2) is 0 Å². The van der Waals surface area contributed by atoms with Crippen LogP contribution >= 0.6 is 0 Å². The Morgan fingerprint density at radius 1 is 1.13 bits per heavy atom. The summed E-state index contributed by atoms with van der Waals surface area (Å²) in [4.78, 5) is 10.6. The molecule has 1 aromatic rings. The number of aldehydes is 1. The van der Waals surface area contributed by atoms with Crippen LogP contribution in [0.4, 0.5) is 0 Å². The van der Waals surface area contributed by atoms with Gasteiger partial charge in [-0.25, -0.2) is 0 Å². The van der Waals surface area contributed by atoms with E-state index in [2.05, 4.69) is 45.9 Å². The van der Waals surface area contributed by atoms with Crippen LogP contribution in [0.3, 0.4) is 0 Å². The molecule has 0 saturated carbocycles. The van der Waals surface area contributed by atoms with E-state index in [0.717, 1.165) is 6.29 Å². The van der Waals surface area contributed by atoms with Gasteiger partial charge in [0.05, 0.1) is 0 Å². The lowest BCUT2D eigenvalue weighted by Crippen LogP contribution is -2.04. The molecule has 0 aromatic heterocycles. The Bertz CT molecular complexity index is 337. The first-order valence-electron chi connectivity index (χ1n) is 5.63. The van der Waals surface area contributed by atoms with E-state index >= 15 is 0 Å². The Labute approximate surface area is 92.5 Å². The molecule has 0 aliphatic heterocycles. The quantitative estimate of drug-likeness (QED) is 0.684. The first kappa shape index (κ1) is 12.0. The number of hydrogen-bond donors (Lipinski definition) is 0. The average Bonchev–Trinajstić information content (AvgIpc) is 2.17. The average molecular weight is 204 g/mol. The zero-order valence-electron chi connectivity index (χ0n) is 10.1. The molecule has 82 valence electrons. The van der Waals surface area contributed by atoms with E-state index < -0.39 is 0 Å². The zero-order valence-corrected chi connectivity index (χ0v) is 10.1. The third-order valence-electron chi connectivity index (χ3n) is 2.73. The Balaban J connectivity index is 3.27. The summed E-state index contributed by atoms with van der Waals surface area (Å²) < 4.78 is 0. The maximum atomic E-state index is 10.6. The molecule has 0 aliphatic carbocycles. The molecule has 0 heterocycles. The molecule has 0 fully saturated rings. The van der Waals surface area contributed by atoms with Gasteiger partial charge < -0.3 is 4.79 Å². The number of benzene rings is 1. The van der Waals surface area contributed by atoms with Crippen LogP contribution in [0.15, 0.2) is 18.2 Å². The van der Waals surface area contributed by atoms with Crippen molar-refractivity contribution in [3.8, 4) is 0 Å². The SMILES string of the molecule is CC(C)c1cccc(CC=O)c1C(C)C. The Morgan fingerprint density at radius 2 is 1.80 bits per heavy atom. The molecule has 0 aliphatic rings. The van der Waals surface area contributed by atoms with Crippen molar-refractivity contribution in [3.05, 3.63) is 34.9 Å². The minimum absolute atomic E-state index is 0.485. The van der Waals surface area contributed by atoms with Crippen LogP contribution in [-0.2, 0) is 11.2 Å². The largest absolute Gasteiger partial charge is 0.303 e. The molecule has 0 N–H and O–H groups in total. The van der Waals surface area contributed by atoms with Crippen molar-refractivity contribution in [1.29, 1.82) is 0 Å². The number of hydrogen-bond acceptors (Lipinski definition) is 1. The number of carbonyl (C=O) groups excluding carboxylic acids is 1. The van der Waals surface area contributed by atoms with Gasteiger partial charge in [-0.1, -0.05) is 45.9 Å². The van der Waals surface area contributed by atoms with Crippen molar-refractivity contribution in [1.82, 2.24) is 0 Å². The van der Waals surface area contributed by atoms with Crippen LogP contribution in [0, 0.1) is 0 Å². The second kappa shape index (κ2) is 5.11. The summed E-state index contributed by atoms with van der Waals surface area (Å²) in [5.41, 5.74) is 3.93. The van der Waals surface area contributed by atoms with E-state index in [0.29, 0.717) is 18.3 Å². The van der Waals surface area contributed by atoms with Gasteiger partial charge in [-0.2, -0.15) is 0 Å². The van der Waals surface area contributed by atoms with Crippen molar-refractivity contribution in [2.45, 2.75) is 46.0 Å². The zero-order chi connectivity index (χ0) is 11.4. The molecule has 0 saturated heterocycles. The highest BCUT2D eigenvalue weighted by Gasteiger charge is 2.13. The Hall–Kier alpha value is -1.11. The molecule has 1 rings (SSSR count). The fraction of sp³-hybridized carbons (Fsp3) is 0.500. The summed E-state index contributed by atoms with van der Waals surface area (Å²) in [6, 6.07) is 6.30. The Kier molecular flexibility index (Phi) is 4.07. The highest BCUT2D eigenvalue weighted by atomic mass is 16.1. The lowest BCUT2D eigenvalue weighted by atomic mass is 9.86. The predicted octanol–water partition coefficient (Wildman–Crippen LogP) is 3.67. The van der Waals surface area contributed by atoms with Crippen LogP contribution < -0.4 is 0 Å². The van der Waals surface area contributed by atoms with Gasteiger partial charge >= 0.3 is 0 Å². The molecule has 0 bridgehead atoms. The van der Waals surface area contributed by atoms with Crippen molar-refractivity contribution in [2.75, 3.05) is 0 Å². The van der Waals surface area contributed by atoms with Gasteiger partial charge in [-0.05, 0) is 28.5 Å². The topological polar surface area (TPSA) is 17.1 Å². The summed E-state index contributed by atoms with van der Waals surface area (Å²) in [6.07, 6.45) is 1.53. The first-order valence-corrected chi connectivity index (χ1v) is 5.63. The molecule has 15 heavy (non-hydrogen) atoms.